The normalized spacial score (nSPS) is 11.4. The summed E-state index contributed by atoms with van der Waals surface area (Å²) in [6.45, 7) is -0.189. The lowest BCUT2D eigenvalue weighted by atomic mass is 10.2. The highest BCUT2D eigenvalue weighted by Crippen LogP contribution is 2.24. The van der Waals surface area contributed by atoms with Crippen LogP contribution in [0.4, 0.5) is 0 Å². The van der Waals surface area contributed by atoms with Crippen molar-refractivity contribution >= 4 is 18.3 Å². The average Bonchev–Trinajstić information content (AvgIpc) is 2.32. The molecule has 0 heterocycles. The van der Waals surface area contributed by atoms with E-state index in [0.29, 0.717) is 5.56 Å². The molecule has 8 heteroatoms. The van der Waals surface area contributed by atoms with Crippen molar-refractivity contribution in [2.75, 3.05) is 6.61 Å². The number of aliphatic hydroxyl groups is 1. The monoisotopic (exact) mass is 277 g/mol. The van der Waals surface area contributed by atoms with Gasteiger partial charge in [0.25, 0.3) is 5.91 Å². The average molecular weight is 278 g/mol. The molecule has 0 aliphatic heterocycles. The largest absolute Gasteiger partial charge is 0.504 e. The van der Waals surface area contributed by atoms with E-state index in [9.17, 15) is 9.90 Å². The fourth-order valence-corrected chi connectivity index (χ4v) is 1.09. The summed E-state index contributed by atoms with van der Waals surface area (Å²) in [5.41, 5.74) is 10.8. The first-order valence-electron chi connectivity index (χ1n) is 4.94. The van der Waals surface area contributed by atoms with Gasteiger partial charge in [-0.3, -0.25) is 10.2 Å². The number of benzene rings is 1. The molecule has 1 rings (SSSR count). The van der Waals surface area contributed by atoms with E-state index in [-0.39, 0.29) is 30.5 Å². The molecule has 1 amide bonds. The van der Waals surface area contributed by atoms with Crippen LogP contribution in [-0.2, 0) is 11.3 Å². The second-order valence-corrected chi connectivity index (χ2v) is 3.45. The third kappa shape index (κ3) is 4.76. The number of nitrogens with two attached hydrogens (primary N) is 1. The zero-order valence-electron chi connectivity index (χ0n) is 9.46. The van der Waals surface area contributed by atoms with Crippen LogP contribution in [0.25, 0.3) is 0 Å². The SMILES string of the molecule is Cl.NC(CO)C(=O)NNCc1ccc(O)c(O)c1. The van der Waals surface area contributed by atoms with Crippen LogP contribution in [0.1, 0.15) is 5.56 Å². The molecule has 1 aromatic carbocycles. The van der Waals surface area contributed by atoms with Crippen LogP contribution in [0, 0.1) is 0 Å². The summed E-state index contributed by atoms with van der Waals surface area (Å²) in [5.74, 6) is -0.974. The predicted molar refractivity (Wildman–Crippen MR) is 67.1 cm³/mol. The van der Waals surface area contributed by atoms with Gasteiger partial charge in [-0.05, 0) is 17.7 Å². The fourth-order valence-electron chi connectivity index (χ4n) is 1.09. The number of nitrogens with one attached hydrogen (secondary N) is 2. The van der Waals surface area contributed by atoms with Crippen molar-refractivity contribution in [1.82, 2.24) is 10.9 Å². The molecule has 7 nitrogen and oxygen atoms in total. The summed E-state index contributed by atoms with van der Waals surface area (Å²) in [6.07, 6.45) is 0. The predicted octanol–water partition coefficient (Wildman–Crippen LogP) is -1.04. The quantitative estimate of drug-likeness (QED) is 0.301. The lowest BCUT2D eigenvalue weighted by Gasteiger charge is -2.11. The van der Waals surface area contributed by atoms with Gasteiger partial charge in [0.2, 0.25) is 0 Å². The molecule has 1 atom stereocenters. The molecule has 0 spiro atoms. The molecule has 0 radical (unpaired) electrons. The Morgan fingerprint density at radius 3 is 2.56 bits per heavy atom. The third-order valence-electron chi connectivity index (χ3n) is 2.08. The molecule has 18 heavy (non-hydrogen) atoms. The van der Waals surface area contributed by atoms with Gasteiger partial charge in [-0.25, -0.2) is 5.43 Å². The second kappa shape index (κ2) is 7.72. The van der Waals surface area contributed by atoms with E-state index in [4.69, 9.17) is 15.9 Å². The van der Waals surface area contributed by atoms with E-state index in [1.54, 1.807) is 6.07 Å². The van der Waals surface area contributed by atoms with Gasteiger partial charge in [-0.15, -0.1) is 12.4 Å². The van der Waals surface area contributed by atoms with Crippen LogP contribution in [0.15, 0.2) is 18.2 Å². The van der Waals surface area contributed by atoms with E-state index in [1.807, 2.05) is 0 Å². The lowest BCUT2D eigenvalue weighted by Crippen LogP contribution is -2.48. The van der Waals surface area contributed by atoms with Crippen molar-refractivity contribution < 1.29 is 20.1 Å². The van der Waals surface area contributed by atoms with Crippen molar-refractivity contribution in [3.63, 3.8) is 0 Å². The topological polar surface area (TPSA) is 128 Å². The summed E-state index contributed by atoms with van der Waals surface area (Å²) in [4.78, 5) is 11.1. The maximum absolute atomic E-state index is 11.1. The van der Waals surface area contributed by atoms with Crippen LogP contribution < -0.4 is 16.6 Å². The Kier molecular flexibility index (Phi) is 7.06. The number of phenolic OH excluding ortho intramolecular Hbond substituents is 2. The number of carbonyl (C=O) groups excluding carboxylic acids is 1. The van der Waals surface area contributed by atoms with E-state index < -0.39 is 18.6 Å². The standard InChI is InChI=1S/C10H15N3O4.ClH/c11-7(5-14)10(17)13-12-4-6-1-2-8(15)9(16)3-6;/h1-3,7,12,14-16H,4-5,11H2,(H,13,17);1H. The summed E-state index contributed by atoms with van der Waals surface area (Å²) >= 11 is 0. The maximum Gasteiger partial charge on any atom is 0.253 e. The number of aliphatic hydroxyl groups excluding tert-OH is 1. The van der Waals surface area contributed by atoms with Crippen LogP contribution in [0.3, 0.4) is 0 Å². The number of aromatic hydroxyl groups is 2. The Hall–Kier alpha value is -1.54. The first-order chi connectivity index (χ1) is 8.04. The van der Waals surface area contributed by atoms with E-state index in [0.717, 1.165) is 0 Å². The molecule has 0 saturated carbocycles. The summed E-state index contributed by atoms with van der Waals surface area (Å²) < 4.78 is 0. The zero-order chi connectivity index (χ0) is 12.8. The fraction of sp³-hybridized carbons (Fsp3) is 0.300. The van der Waals surface area contributed by atoms with Gasteiger partial charge >= 0.3 is 0 Å². The van der Waals surface area contributed by atoms with Crippen LogP contribution in [-0.4, -0.2) is 33.9 Å². The van der Waals surface area contributed by atoms with Crippen molar-refractivity contribution in [3.8, 4) is 11.5 Å². The number of hydrazine groups is 1. The first-order valence-corrected chi connectivity index (χ1v) is 4.94. The van der Waals surface area contributed by atoms with Gasteiger partial charge in [-0.1, -0.05) is 6.07 Å². The van der Waals surface area contributed by atoms with Gasteiger partial charge < -0.3 is 21.1 Å². The Morgan fingerprint density at radius 2 is 2.00 bits per heavy atom. The van der Waals surface area contributed by atoms with Crippen molar-refractivity contribution in [1.29, 1.82) is 0 Å². The number of halogens is 1. The number of hydrogen-bond donors (Lipinski definition) is 6. The van der Waals surface area contributed by atoms with Gasteiger partial charge in [0.1, 0.15) is 6.04 Å². The smallest absolute Gasteiger partial charge is 0.253 e. The van der Waals surface area contributed by atoms with Crippen molar-refractivity contribution in [3.05, 3.63) is 23.8 Å². The van der Waals surface area contributed by atoms with E-state index in [2.05, 4.69) is 10.9 Å². The van der Waals surface area contributed by atoms with Crippen molar-refractivity contribution in [2.24, 2.45) is 5.73 Å². The first kappa shape index (κ1) is 16.5. The van der Waals surface area contributed by atoms with E-state index in [1.165, 1.54) is 12.1 Å². The number of amides is 1. The molecule has 0 fully saturated rings. The molecule has 0 aliphatic rings. The van der Waals surface area contributed by atoms with Crippen LogP contribution in [0.5, 0.6) is 11.5 Å². The van der Waals surface area contributed by atoms with Gasteiger partial charge in [0.05, 0.1) is 6.61 Å². The second-order valence-electron chi connectivity index (χ2n) is 3.45. The van der Waals surface area contributed by atoms with E-state index >= 15 is 0 Å². The summed E-state index contributed by atoms with van der Waals surface area (Å²) in [6, 6.07) is 3.31. The van der Waals surface area contributed by atoms with Crippen LogP contribution in [0.2, 0.25) is 0 Å². The minimum Gasteiger partial charge on any atom is -0.504 e. The van der Waals surface area contributed by atoms with Crippen LogP contribution >= 0.6 is 12.4 Å². The summed E-state index contributed by atoms with van der Waals surface area (Å²) in [5, 5.41) is 26.9. The Bertz CT molecular complexity index is 403. The zero-order valence-corrected chi connectivity index (χ0v) is 10.3. The molecule has 102 valence electrons. The number of rotatable bonds is 5. The van der Waals surface area contributed by atoms with Gasteiger partial charge in [0.15, 0.2) is 11.5 Å². The molecule has 1 unspecified atom stereocenters. The highest BCUT2D eigenvalue weighted by molar-refractivity contribution is 5.85. The minimum absolute atomic E-state index is 0. The third-order valence-corrected chi connectivity index (χ3v) is 2.08. The number of carbonyl (C=O) groups is 1. The maximum atomic E-state index is 11.1. The number of hydrogen-bond acceptors (Lipinski definition) is 6. The highest BCUT2D eigenvalue weighted by Gasteiger charge is 2.10. The van der Waals surface area contributed by atoms with Crippen molar-refractivity contribution in [2.45, 2.75) is 12.6 Å². The minimum atomic E-state index is -0.976. The molecule has 0 aromatic heterocycles. The molecule has 0 aliphatic carbocycles. The Balaban J connectivity index is 0.00000289. The molecule has 0 saturated heterocycles. The summed E-state index contributed by atoms with van der Waals surface area (Å²) in [7, 11) is 0. The molecular formula is C10H16ClN3O4. The Labute approximate surface area is 110 Å². The molecule has 7 N–H and O–H groups in total. The highest BCUT2D eigenvalue weighted by atomic mass is 35.5. The van der Waals surface area contributed by atoms with Gasteiger partial charge in [-0.2, -0.15) is 0 Å². The Morgan fingerprint density at radius 1 is 1.33 bits per heavy atom. The molecule has 1 aromatic rings. The number of phenols is 2. The molecular weight excluding hydrogens is 262 g/mol. The lowest BCUT2D eigenvalue weighted by molar-refractivity contribution is -0.124. The van der Waals surface area contributed by atoms with Gasteiger partial charge in [0, 0.05) is 6.54 Å². The molecule has 0 bridgehead atoms.